The van der Waals surface area contributed by atoms with Crippen LogP contribution in [0.15, 0.2) is 36.4 Å². The molecule has 0 radical (unpaired) electrons. The second-order valence-electron chi connectivity index (χ2n) is 6.41. The number of amides is 2. The number of benzene rings is 2. The first-order valence-electron chi connectivity index (χ1n) is 8.67. The lowest BCUT2D eigenvalue weighted by Crippen LogP contribution is -2.36. The number of hydrogen-bond acceptors (Lipinski definition) is 4. The molecule has 0 spiro atoms. The number of aryl methyl sites for hydroxylation is 2. The van der Waals surface area contributed by atoms with E-state index in [0.717, 1.165) is 22.4 Å². The fourth-order valence-electron chi connectivity index (χ4n) is 2.67. The molecule has 0 fully saturated rings. The summed E-state index contributed by atoms with van der Waals surface area (Å²) in [6.07, 6.45) is 0. The van der Waals surface area contributed by atoms with Gasteiger partial charge in [-0.05, 0) is 54.8 Å². The van der Waals surface area contributed by atoms with Gasteiger partial charge in [0.2, 0.25) is 11.8 Å². The zero-order valence-corrected chi connectivity index (χ0v) is 16.5. The highest BCUT2D eigenvalue weighted by Gasteiger charge is 2.16. The largest absolute Gasteiger partial charge is 0.493 e. The molecular formula is C21H26N2O4. The van der Waals surface area contributed by atoms with Crippen LogP contribution in [-0.2, 0) is 16.1 Å². The number of ether oxygens (including phenoxy) is 2. The van der Waals surface area contributed by atoms with Gasteiger partial charge in [0.05, 0.1) is 14.2 Å². The zero-order chi connectivity index (χ0) is 20.0. The summed E-state index contributed by atoms with van der Waals surface area (Å²) in [4.78, 5) is 25.9. The van der Waals surface area contributed by atoms with Gasteiger partial charge in [-0.25, -0.2) is 0 Å². The van der Waals surface area contributed by atoms with Crippen molar-refractivity contribution < 1.29 is 19.1 Å². The van der Waals surface area contributed by atoms with Crippen LogP contribution in [0, 0.1) is 13.8 Å². The number of nitrogens with zero attached hydrogens (tertiary/aromatic N) is 1. The molecule has 6 heteroatoms. The third-order valence-corrected chi connectivity index (χ3v) is 4.39. The highest BCUT2D eigenvalue weighted by atomic mass is 16.5. The van der Waals surface area contributed by atoms with Crippen molar-refractivity contribution in [1.82, 2.24) is 4.90 Å². The van der Waals surface area contributed by atoms with Crippen molar-refractivity contribution >= 4 is 17.5 Å². The summed E-state index contributed by atoms with van der Waals surface area (Å²) in [6, 6.07) is 11.2. The lowest BCUT2D eigenvalue weighted by Gasteiger charge is -2.21. The van der Waals surface area contributed by atoms with E-state index >= 15 is 0 Å². The minimum Gasteiger partial charge on any atom is -0.493 e. The van der Waals surface area contributed by atoms with Crippen LogP contribution in [-0.4, -0.2) is 37.5 Å². The molecule has 0 bridgehead atoms. The highest BCUT2D eigenvalue weighted by Crippen LogP contribution is 2.28. The Hall–Kier alpha value is -3.02. The van der Waals surface area contributed by atoms with Crippen molar-refractivity contribution in [3.63, 3.8) is 0 Å². The minimum atomic E-state index is -0.242. The van der Waals surface area contributed by atoms with Crippen LogP contribution in [0.5, 0.6) is 11.5 Å². The fraction of sp³-hybridized carbons (Fsp3) is 0.333. The maximum Gasteiger partial charge on any atom is 0.244 e. The average molecular weight is 370 g/mol. The summed E-state index contributed by atoms with van der Waals surface area (Å²) in [6.45, 7) is 5.72. The van der Waals surface area contributed by atoms with Crippen LogP contribution < -0.4 is 14.8 Å². The predicted molar refractivity (Wildman–Crippen MR) is 105 cm³/mol. The SMILES string of the molecule is COc1ccc(CN(CC(=O)Nc2ccc(C)c(C)c2)C(C)=O)cc1OC. The van der Waals surface area contributed by atoms with Crippen molar-refractivity contribution in [3.8, 4) is 11.5 Å². The third kappa shape index (κ3) is 5.48. The van der Waals surface area contributed by atoms with E-state index in [4.69, 9.17) is 9.47 Å². The first kappa shape index (κ1) is 20.3. The molecule has 0 aliphatic carbocycles. The first-order chi connectivity index (χ1) is 12.8. The van der Waals surface area contributed by atoms with Gasteiger partial charge in [-0.15, -0.1) is 0 Å². The lowest BCUT2D eigenvalue weighted by atomic mass is 10.1. The van der Waals surface area contributed by atoms with Crippen LogP contribution in [0.1, 0.15) is 23.6 Å². The molecule has 2 rings (SSSR count). The van der Waals surface area contributed by atoms with E-state index in [1.54, 1.807) is 26.4 Å². The van der Waals surface area contributed by atoms with Crippen LogP contribution >= 0.6 is 0 Å². The molecule has 2 aromatic rings. The maximum absolute atomic E-state index is 12.4. The Balaban J connectivity index is 2.07. The van der Waals surface area contributed by atoms with Crippen molar-refractivity contribution in [2.45, 2.75) is 27.3 Å². The fourth-order valence-corrected chi connectivity index (χ4v) is 2.67. The van der Waals surface area contributed by atoms with Gasteiger partial charge in [-0.2, -0.15) is 0 Å². The number of rotatable bonds is 7. The van der Waals surface area contributed by atoms with Gasteiger partial charge in [0.1, 0.15) is 6.54 Å². The van der Waals surface area contributed by atoms with Crippen LogP contribution in [0.2, 0.25) is 0 Å². The van der Waals surface area contributed by atoms with Crippen LogP contribution in [0.3, 0.4) is 0 Å². The number of nitrogens with one attached hydrogen (secondary N) is 1. The molecule has 0 aromatic heterocycles. The number of carbonyl (C=O) groups is 2. The summed E-state index contributed by atoms with van der Waals surface area (Å²) in [5, 5.41) is 2.84. The maximum atomic E-state index is 12.4. The first-order valence-corrected chi connectivity index (χ1v) is 8.67. The Labute approximate surface area is 160 Å². The van der Waals surface area contributed by atoms with Crippen molar-refractivity contribution in [2.75, 3.05) is 26.1 Å². The van der Waals surface area contributed by atoms with Gasteiger partial charge in [-0.1, -0.05) is 12.1 Å². The van der Waals surface area contributed by atoms with E-state index in [2.05, 4.69) is 5.32 Å². The monoisotopic (exact) mass is 370 g/mol. The second-order valence-corrected chi connectivity index (χ2v) is 6.41. The molecular weight excluding hydrogens is 344 g/mol. The molecule has 0 unspecified atom stereocenters. The van der Waals surface area contributed by atoms with Gasteiger partial charge in [0, 0.05) is 19.2 Å². The molecule has 0 aliphatic heterocycles. The predicted octanol–water partition coefficient (Wildman–Crippen LogP) is 3.31. The summed E-state index contributed by atoms with van der Waals surface area (Å²) in [5.41, 5.74) is 3.83. The molecule has 27 heavy (non-hydrogen) atoms. The number of hydrogen-bond donors (Lipinski definition) is 1. The molecule has 2 amide bonds. The van der Waals surface area contributed by atoms with Crippen molar-refractivity contribution in [2.24, 2.45) is 0 Å². The highest BCUT2D eigenvalue weighted by molar-refractivity contribution is 5.94. The smallest absolute Gasteiger partial charge is 0.244 e. The minimum absolute atomic E-state index is 0.0311. The van der Waals surface area contributed by atoms with E-state index in [1.165, 1.54) is 11.8 Å². The molecule has 1 N–H and O–H groups in total. The standard InChI is InChI=1S/C21H26N2O4/c1-14-6-8-18(10-15(14)2)22-21(25)13-23(16(3)24)12-17-7-9-19(26-4)20(11-17)27-5/h6-11H,12-13H2,1-5H3,(H,22,25). The van der Waals surface area contributed by atoms with Gasteiger partial charge in [-0.3, -0.25) is 9.59 Å². The molecule has 2 aromatic carbocycles. The van der Waals surface area contributed by atoms with E-state index < -0.39 is 0 Å². The summed E-state index contributed by atoms with van der Waals surface area (Å²) in [5.74, 6) is 0.773. The topological polar surface area (TPSA) is 67.9 Å². The summed E-state index contributed by atoms with van der Waals surface area (Å²) in [7, 11) is 3.12. The van der Waals surface area contributed by atoms with E-state index in [9.17, 15) is 9.59 Å². The zero-order valence-electron chi connectivity index (χ0n) is 16.5. The number of carbonyl (C=O) groups excluding carboxylic acids is 2. The van der Waals surface area contributed by atoms with Gasteiger partial charge in [0.15, 0.2) is 11.5 Å². The van der Waals surface area contributed by atoms with Crippen LogP contribution in [0.25, 0.3) is 0 Å². The second kappa shape index (κ2) is 9.07. The Bertz CT molecular complexity index is 833. The summed E-state index contributed by atoms with van der Waals surface area (Å²) < 4.78 is 10.5. The summed E-state index contributed by atoms with van der Waals surface area (Å²) >= 11 is 0. The molecule has 0 saturated heterocycles. The van der Waals surface area contributed by atoms with E-state index in [0.29, 0.717) is 18.0 Å². The Kier molecular flexibility index (Phi) is 6.82. The normalized spacial score (nSPS) is 10.3. The van der Waals surface area contributed by atoms with Crippen LogP contribution in [0.4, 0.5) is 5.69 Å². The molecule has 6 nitrogen and oxygen atoms in total. The molecule has 0 saturated carbocycles. The molecule has 0 aliphatic rings. The lowest BCUT2D eigenvalue weighted by molar-refractivity contribution is -0.133. The van der Waals surface area contributed by atoms with Gasteiger partial charge < -0.3 is 19.7 Å². The Morgan fingerprint density at radius 1 is 0.963 bits per heavy atom. The van der Waals surface area contributed by atoms with Crippen molar-refractivity contribution in [3.05, 3.63) is 53.1 Å². The number of methoxy groups -OCH3 is 2. The van der Waals surface area contributed by atoms with Gasteiger partial charge >= 0.3 is 0 Å². The van der Waals surface area contributed by atoms with Gasteiger partial charge in [0.25, 0.3) is 0 Å². The average Bonchev–Trinajstić information content (AvgIpc) is 2.64. The molecule has 0 atom stereocenters. The quantitative estimate of drug-likeness (QED) is 0.812. The van der Waals surface area contributed by atoms with Crippen molar-refractivity contribution in [1.29, 1.82) is 0 Å². The Morgan fingerprint density at radius 2 is 1.67 bits per heavy atom. The molecule has 0 heterocycles. The Morgan fingerprint density at radius 3 is 2.26 bits per heavy atom. The number of anilines is 1. The van der Waals surface area contributed by atoms with E-state index in [-0.39, 0.29) is 18.4 Å². The van der Waals surface area contributed by atoms with E-state index in [1.807, 2.05) is 38.1 Å². The third-order valence-electron chi connectivity index (χ3n) is 4.39. The molecule has 144 valence electrons.